The zero-order chi connectivity index (χ0) is 24.6. The fourth-order valence-electron chi connectivity index (χ4n) is 4.98. The predicted molar refractivity (Wildman–Crippen MR) is 157 cm³/mol. The summed E-state index contributed by atoms with van der Waals surface area (Å²) in [5.41, 5.74) is 7.77. The summed E-state index contributed by atoms with van der Waals surface area (Å²) in [6, 6.07) is 44.8. The van der Waals surface area contributed by atoms with Gasteiger partial charge in [-0.25, -0.2) is 9.97 Å². The van der Waals surface area contributed by atoms with Crippen LogP contribution < -0.4 is 0 Å². The molecule has 0 spiro atoms. The quantitative estimate of drug-likeness (QED) is 0.245. The van der Waals surface area contributed by atoms with E-state index in [0.717, 1.165) is 22.6 Å². The van der Waals surface area contributed by atoms with Gasteiger partial charge in [-0.05, 0) is 58.7 Å². The SMILES string of the molecule is c1ccc(-c2cc(-c3ccccc3)cc(-c3ccnc(-c4cccc5sc6ccccc6c45)n3)c2)cc1. The van der Waals surface area contributed by atoms with Crippen LogP contribution in [-0.2, 0) is 0 Å². The fourth-order valence-corrected chi connectivity index (χ4v) is 6.11. The molecule has 0 aliphatic heterocycles. The molecule has 0 unspecified atom stereocenters. The summed E-state index contributed by atoms with van der Waals surface area (Å²) in [4.78, 5) is 9.84. The molecule has 0 aliphatic carbocycles. The third-order valence-electron chi connectivity index (χ3n) is 6.74. The third kappa shape index (κ3) is 4.00. The number of nitrogens with zero attached hydrogens (tertiary/aromatic N) is 2. The lowest BCUT2D eigenvalue weighted by Gasteiger charge is -2.12. The minimum atomic E-state index is 0.748. The van der Waals surface area contributed by atoms with Crippen molar-refractivity contribution in [1.82, 2.24) is 9.97 Å². The van der Waals surface area contributed by atoms with Gasteiger partial charge in [0.1, 0.15) is 0 Å². The van der Waals surface area contributed by atoms with E-state index in [9.17, 15) is 0 Å². The fraction of sp³-hybridized carbons (Fsp3) is 0. The molecule has 174 valence electrons. The smallest absolute Gasteiger partial charge is 0.160 e. The minimum Gasteiger partial charge on any atom is -0.237 e. The first-order valence-corrected chi connectivity index (χ1v) is 13.2. The highest BCUT2D eigenvalue weighted by Gasteiger charge is 2.14. The van der Waals surface area contributed by atoms with Crippen molar-refractivity contribution in [1.29, 1.82) is 0 Å². The summed E-state index contributed by atoms with van der Waals surface area (Å²) in [5.74, 6) is 0.748. The van der Waals surface area contributed by atoms with Crippen LogP contribution in [0.2, 0.25) is 0 Å². The Morgan fingerprint density at radius 3 is 1.84 bits per heavy atom. The van der Waals surface area contributed by atoms with Crippen LogP contribution in [0.4, 0.5) is 0 Å². The molecule has 2 heterocycles. The average molecular weight is 491 g/mol. The predicted octanol–water partition coefficient (Wildman–Crippen LogP) is 9.51. The van der Waals surface area contributed by atoms with Gasteiger partial charge in [-0.15, -0.1) is 11.3 Å². The van der Waals surface area contributed by atoms with E-state index >= 15 is 0 Å². The number of rotatable bonds is 4. The monoisotopic (exact) mass is 490 g/mol. The van der Waals surface area contributed by atoms with Crippen molar-refractivity contribution >= 4 is 31.5 Å². The summed E-state index contributed by atoms with van der Waals surface area (Å²) in [6.07, 6.45) is 1.88. The van der Waals surface area contributed by atoms with E-state index in [-0.39, 0.29) is 0 Å². The molecule has 7 rings (SSSR count). The lowest BCUT2D eigenvalue weighted by molar-refractivity contribution is 1.18. The van der Waals surface area contributed by atoms with Gasteiger partial charge in [0, 0.05) is 37.5 Å². The standard InChI is InChI=1S/C34H22N2S/c1-3-10-23(11-4-1)25-20-26(24-12-5-2-6-13-24)22-27(21-25)30-18-19-35-34(36-30)29-15-9-17-32-33(29)28-14-7-8-16-31(28)37-32/h1-22H. The Labute approximate surface area is 219 Å². The number of fused-ring (bicyclic) bond motifs is 3. The first kappa shape index (κ1) is 21.7. The molecule has 3 heteroatoms. The Balaban J connectivity index is 1.41. The van der Waals surface area contributed by atoms with Gasteiger partial charge < -0.3 is 0 Å². The van der Waals surface area contributed by atoms with Gasteiger partial charge in [0.15, 0.2) is 5.82 Å². The topological polar surface area (TPSA) is 25.8 Å². The van der Waals surface area contributed by atoms with Crippen molar-refractivity contribution in [2.45, 2.75) is 0 Å². The highest BCUT2D eigenvalue weighted by molar-refractivity contribution is 7.25. The minimum absolute atomic E-state index is 0.748. The van der Waals surface area contributed by atoms with Crippen LogP contribution >= 0.6 is 11.3 Å². The van der Waals surface area contributed by atoms with Gasteiger partial charge in [0.05, 0.1) is 5.69 Å². The maximum Gasteiger partial charge on any atom is 0.160 e. The average Bonchev–Trinajstić information content (AvgIpc) is 3.37. The van der Waals surface area contributed by atoms with E-state index in [4.69, 9.17) is 9.97 Å². The Kier molecular flexibility index (Phi) is 5.34. The van der Waals surface area contributed by atoms with Gasteiger partial charge in [-0.1, -0.05) is 91.0 Å². The Morgan fingerprint density at radius 2 is 1.11 bits per heavy atom. The molecule has 5 aromatic carbocycles. The van der Waals surface area contributed by atoms with Gasteiger partial charge in [0.25, 0.3) is 0 Å². The van der Waals surface area contributed by atoms with E-state index in [0.29, 0.717) is 0 Å². The summed E-state index contributed by atoms with van der Waals surface area (Å²) in [7, 11) is 0. The number of aromatic nitrogens is 2. The molecule has 0 atom stereocenters. The lowest BCUT2D eigenvalue weighted by atomic mass is 9.95. The summed E-state index contributed by atoms with van der Waals surface area (Å²) in [5, 5.41) is 2.48. The molecule has 7 aromatic rings. The molecular weight excluding hydrogens is 468 g/mol. The molecule has 0 radical (unpaired) electrons. The van der Waals surface area contributed by atoms with Crippen molar-refractivity contribution in [2.75, 3.05) is 0 Å². The summed E-state index contributed by atoms with van der Waals surface area (Å²) < 4.78 is 2.54. The van der Waals surface area contributed by atoms with Gasteiger partial charge >= 0.3 is 0 Å². The largest absolute Gasteiger partial charge is 0.237 e. The summed E-state index contributed by atoms with van der Waals surface area (Å²) >= 11 is 1.81. The van der Waals surface area contributed by atoms with Crippen LogP contribution in [0.25, 0.3) is 65.1 Å². The number of hydrogen-bond acceptors (Lipinski definition) is 3. The highest BCUT2D eigenvalue weighted by Crippen LogP contribution is 2.39. The van der Waals surface area contributed by atoms with Gasteiger partial charge in [-0.3, -0.25) is 0 Å². The maximum atomic E-state index is 5.11. The van der Waals surface area contributed by atoms with Gasteiger partial charge in [0.2, 0.25) is 0 Å². The van der Waals surface area contributed by atoms with Crippen molar-refractivity contribution < 1.29 is 0 Å². The molecule has 2 nitrogen and oxygen atoms in total. The molecule has 0 aliphatic rings. The Bertz CT molecular complexity index is 1810. The van der Waals surface area contributed by atoms with Crippen LogP contribution in [0.1, 0.15) is 0 Å². The molecule has 0 saturated heterocycles. The molecule has 0 fully saturated rings. The van der Waals surface area contributed by atoms with E-state index in [1.165, 1.54) is 42.4 Å². The summed E-state index contributed by atoms with van der Waals surface area (Å²) in [6.45, 7) is 0. The van der Waals surface area contributed by atoms with Crippen LogP contribution in [0.5, 0.6) is 0 Å². The second kappa shape index (κ2) is 9.12. The van der Waals surface area contributed by atoms with Crippen molar-refractivity contribution in [3.05, 3.63) is 134 Å². The molecule has 0 amide bonds. The first-order chi connectivity index (χ1) is 18.3. The normalized spacial score (nSPS) is 11.2. The Morgan fingerprint density at radius 1 is 0.486 bits per heavy atom. The molecule has 0 saturated carbocycles. The van der Waals surface area contributed by atoms with E-state index < -0.39 is 0 Å². The van der Waals surface area contributed by atoms with E-state index in [1.54, 1.807) is 0 Å². The molecule has 2 aromatic heterocycles. The zero-order valence-electron chi connectivity index (χ0n) is 20.0. The van der Waals surface area contributed by atoms with Crippen LogP contribution in [-0.4, -0.2) is 9.97 Å². The van der Waals surface area contributed by atoms with Crippen molar-refractivity contribution in [2.24, 2.45) is 0 Å². The van der Waals surface area contributed by atoms with Crippen molar-refractivity contribution in [3.8, 4) is 44.9 Å². The number of hydrogen-bond donors (Lipinski definition) is 0. The maximum absolute atomic E-state index is 5.11. The van der Waals surface area contributed by atoms with E-state index in [1.807, 2.05) is 23.6 Å². The molecule has 37 heavy (non-hydrogen) atoms. The molecule has 0 bridgehead atoms. The van der Waals surface area contributed by atoms with Gasteiger partial charge in [-0.2, -0.15) is 0 Å². The zero-order valence-corrected chi connectivity index (χ0v) is 20.8. The molecular formula is C34H22N2S. The van der Waals surface area contributed by atoms with Crippen LogP contribution in [0.15, 0.2) is 134 Å². The van der Waals surface area contributed by atoms with Crippen LogP contribution in [0, 0.1) is 0 Å². The Hall–Kier alpha value is -4.60. The number of benzene rings is 5. The lowest BCUT2D eigenvalue weighted by Crippen LogP contribution is -1.93. The number of thiophene rings is 1. The van der Waals surface area contributed by atoms with Crippen LogP contribution in [0.3, 0.4) is 0 Å². The first-order valence-electron chi connectivity index (χ1n) is 12.3. The highest BCUT2D eigenvalue weighted by atomic mass is 32.1. The third-order valence-corrected chi connectivity index (χ3v) is 7.88. The second-order valence-corrected chi connectivity index (χ2v) is 10.2. The van der Waals surface area contributed by atoms with E-state index in [2.05, 4.69) is 121 Å². The molecule has 0 N–H and O–H groups in total. The van der Waals surface area contributed by atoms with Crippen molar-refractivity contribution in [3.63, 3.8) is 0 Å². The second-order valence-electron chi connectivity index (χ2n) is 9.07.